The molecule has 6 nitrogen and oxygen atoms in total. The predicted octanol–water partition coefficient (Wildman–Crippen LogP) is -2.11. The molecule has 1 aliphatic heterocycles. The van der Waals surface area contributed by atoms with Crippen molar-refractivity contribution < 1.29 is 9.90 Å². The maximum absolute atomic E-state index is 10.6. The van der Waals surface area contributed by atoms with Crippen LogP contribution < -0.4 is 16.4 Å². The van der Waals surface area contributed by atoms with Crippen LogP contribution in [0.1, 0.15) is 0 Å². The van der Waals surface area contributed by atoms with Crippen LogP contribution >= 0.6 is 0 Å². The third-order valence-corrected chi connectivity index (χ3v) is 2.46. The van der Waals surface area contributed by atoms with E-state index in [0.717, 1.165) is 39.3 Å². The molecule has 0 amide bonds. The lowest BCUT2D eigenvalue weighted by atomic mass is 10.3. The summed E-state index contributed by atoms with van der Waals surface area (Å²) >= 11 is 0. The lowest BCUT2D eigenvalue weighted by Gasteiger charge is -2.23. The van der Waals surface area contributed by atoms with E-state index in [9.17, 15) is 4.79 Å². The molecule has 1 saturated heterocycles. The quantitative estimate of drug-likeness (QED) is 0.432. The van der Waals surface area contributed by atoms with Crippen LogP contribution in [0.2, 0.25) is 0 Å². The Kier molecular flexibility index (Phi) is 5.56. The van der Waals surface area contributed by atoms with Crippen molar-refractivity contribution in [3.8, 4) is 0 Å². The minimum absolute atomic E-state index is 0.415. The first-order valence-electron chi connectivity index (χ1n) is 5.32. The summed E-state index contributed by atoms with van der Waals surface area (Å²) < 4.78 is 0. The van der Waals surface area contributed by atoms with Gasteiger partial charge in [0.05, 0.1) is 0 Å². The monoisotopic (exact) mass is 216 g/mol. The molecule has 15 heavy (non-hydrogen) atoms. The number of nitrogens with two attached hydrogens (primary N) is 1. The standard InChI is InChI=1S/C9H20N4O2/c10-8(9(14)15)7-13-5-3-11-1-2-12-4-6-13/h8,11-12H,1-7,10H2,(H,14,15). The number of carboxylic acid groups (broad SMARTS) is 1. The molecule has 1 unspecified atom stereocenters. The second-order valence-electron chi connectivity index (χ2n) is 3.75. The van der Waals surface area contributed by atoms with Gasteiger partial charge in [0.15, 0.2) is 0 Å². The molecule has 0 aliphatic carbocycles. The van der Waals surface area contributed by atoms with E-state index in [-0.39, 0.29) is 0 Å². The van der Waals surface area contributed by atoms with Gasteiger partial charge in [-0.3, -0.25) is 9.69 Å². The van der Waals surface area contributed by atoms with Gasteiger partial charge < -0.3 is 21.5 Å². The Morgan fingerprint density at radius 3 is 2.27 bits per heavy atom. The van der Waals surface area contributed by atoms with Gasteiger partial charge in [0.2, 0.25) is 0 Å². The first kappa shape index (κ1) is 12.4. The highest BCUT2D eigenvalue weighted by Gasteiger charge is 2.16. The molecule has 0 aromatic rings. The normalized spacial score (nSPS) is 22.5. The molecule has 0 saturated carbocycles. The molecule has 0 aromatic carbocycles. The van der Waals surface area contributed by atoms with Crippen molar-refractivity contribution in [3.63, 3.8) is 0 Å². The van der Waals surface area contributed by atoms with Gasteiger partial charge in [-0.15, -0.1) is 0 Å². The van der Waals surface area contributed by atoms with Crippen molar-refractivity contribution in [2.75, 3.05) is 45.8 Å². The van der Waals surface area contributed by atoms with Crippen molar-refractivity contribution in [3.05, 3.63) is 0 Å². The van der Waals surface area contributed by atoms with E-state index in [1.54, 1.807) is 0 Å². The Morgan fingerprint density at radius 1 is 1.27 bits per heavy atom. The SMILES string of the molecule is NC(CN1CCNCCNCC1)C(=O)O. The lowest BCUT2D eigenvalue weighted by Crippen LogP contribution is -2.45. The van der Waals surface area contributed by atoms with Gasteiger partial charge in [0, 0.05) is 45.8 Å². The number of aliphatic carboxylic acids is 1. The highest BCUT2D eigenvalue weighted by atomic mass is 16.4. The summed E-state index contributed by atoms with van der Waals surface area (Å²) in [6.45, 7) is 5.80. The van der Waals surface area contributed by atoms with Gasteiger partial charge in [-0.05, 0) is 0 Å². The topological polar surface area (TPSA) is 90.6 Å². The van der Waals surface area contributed by atoms with E-state index in [1.165, 1.54) is 0 Å². The fourth-order valence-electron chi connectivity index (χ4n) is 1.55. The van der Waals surface area contributed by atoms with Gasteiger partial charge >= 0.3 is 5.97 Å². The second kappa shape index (κ2) is 6.73. The molecule has 6 heteroatoms. The second-order valence-corrected chi connectivity index (χ2v) is 3.75. The third-order valence-electron chi connectivity index (χ3n) is 2.46. The molecule has 0 aromatic heterocycles. The van der Waals surface area contributed by atoms with Crippen LogP contribution in [0.25, 0.3) is 0 Å². The molecular weight excluding hydrogens is 196 g/mol. The van der Waals surface area contributed by atoms with E-state index < -0.39 is 12.0 Å². The van der Waals surface area contributed by atoms with Gasteiger partial charge in [0.1, 0.15) is 6.04 Å². The molecular formula is C9H20N4O2. The number of rotatable bonds is 3. The van der Waals surface area contributed by atoms with Gasteiger partial charge in [-0.25, -0.2) is 0 Å². The number of carboxylic acids is 1. The highest BCUT2D eigenvalue weighted by Crippen LogP contribution is 1.91. The first-order chi connectivity index (χ1) is 7.20. The fraction of sp³-hybridized carbons (Fsp3) is 0.889. The summed E-state index contributed by atoms with van der Waals surface area (Å²) in [5, 5.41) is 15.2. The maximum Gasteiger partial charge on any atom is 0.321 e. The molecule has 0 radical (unpaired) electrons. The zero-order valence-electron chi connectivity index (χ0n) is 8.91. The number of carbonyl (C=O) groups is 1. The molecule has 1 fully saturated rings. The van der Waals surface area contributed by atoms with E-state index in [0.29, 0.717) is 6.54 Å². The zero-order chi connectivity index (χ0) is 11.1. The fourth-order valence-corrected chi connectivity index (χ4v) is 1.55. The van der Waals surface area contributed by atoms with E-state index in [1.807, 2.05) is 0 Å². The smallest absolute Gasteiger partial charge is 0.321 e. The average molecular weight is 216 g/mol. The van der Waals surface area contributed by atoms with Crippen LogP contribution in [-0.2, 0) is 4.79 Å². The average Bonchev–Trinajstić information content (AvgIpc) is 2.31. The summed E-state index contributed by atoms with van der Waals surface area (Å²) in [4.78, 5) is 12.7. The zero-order valence-corrected chi connectivity index (χ0v) is 8.91. The van der Waals surface area contributed by atoms with E-state index in [2.05, 4.69) is 15.5 Å². The summed E-state index contributed by atoms with van der Waals surface area (Å²) in [7, 11) is 0. The molecule has 5 N–H and O–H groups in total. The third kappa shape index (κ3) is 5.08. The summed E-state index contributed by atoms with van der Waals surface area (Å²) in [6, 6.07) is -0.786. The first-order valence-corrected chi connectivity index (χ1v) is 5.32. The Balaban J connectivity index is 2.32. The Hall–Kier alpha value is -0.690. The van der Waals surface area contributed by atoms with E-state index >= 15 is 0 Å². The van der Waals surface area contributed by atoms with Crippen molar-refractivity contribution in [1.82, 2.24) is 15.5 Å². The number of hydrogen-bond donors (Lipinski definition) is 4. The molecule has 1 atom stereocenters. The van der Waals surface area contributed by atoms with Crippen LogP contribution in [-0.4, -0.2) is 67.8 Å². The van der Waals surface area contributed by atoms with Crippen LogP contribution in [0.4, 0.5) is 0 Å². The van der Waals surface area contributed by atoms with Gasteiger partial charge in [0.25, 0.3) is 0 Å². The Morgan fingerprint density at radius 2 is 1.80 bits per heavy atom. The Bertz CT molecular complexity index is 191. The highest BCUT2D eigenvalue weighted by molar-refractivity contribution is 5.73. The van der Waals surface area contributed by atoms with Crippen LogP contribution in [0.3, 0.4) is 0 Å². The summed E-state index contributed by atoms with van der Waals surface area (Å²) in [6.07, 6.45) is 0. The largest absolute Gasteiger partial charge is 0.480 e. The number of hydrogen-bond acceptors (Lipinski definition) is 5. The van der Waals surface area contributed by atoms with Crippen LogP contribution in [0.15, 0.2) is 0 Å². The summed E-state index contributed by atoms with van der Waals surface area (Å²) in [5.74, 6) is -0.934. The molecule has 1 aliphatic rings. The van der Waals surface area contributed by atoms with E-state index in [4.69, 9.17) is 10.8 Å². The number of nitrogens with zero attached hydrogens (tertiary/aromatic N) is 1. The molecule has 0 spiro atoms. The van der Waals surface area contributed by atoms with Crippen LogP contribution in [0.5, 0.6) is 0 Å². The van der Waals surface area contributed by atoms with Crippen LogP contribution in [0, 0.1) is 0 Å². The van der Waals surface area contributed by atoms with Gasteiger partial charge in [-0.2, -0.15) is 0 Å². The predicted molar refractivity (Wildman–Crippen MR) is 57.8 cm³/mol. The maximum atomic E-state index is 10.6. The molecule has 1 heterocycles. The van der Waals surface area contributed by atoms with Crippen molar-refractivity contribution in [2.24, 2.45) is 5.73 Å². The molecule has 88 valence electrons. The van der Waals surface area contributed by atoms with Gasteiger partial charge in [-0.1, -0.05) is 0 Å². The number of nitrogens with one attached hydrogen (secondary N) is 2. The molecule has 1 rings (SSSR count). The van der Waals surface area contributed by atoms with Crippen molar-refractivity contribution in [1.29, 1.82) is 0 Å². The van der Waals surface area contributed by atoms with Crippen molar-refractivity contribution in [2.45, 2.75) is 6.04 Å². The Labute approximate surface area is 89.8 Å². The summed E-state index contributed by atoms with van der Waals surface area (Å²) in [5.41, 5.74) is 5.49. The molecule has 0 bridgehead atoms. The minimum atomic E-state index is -0.934. The lowest BCUT2D eigenvalue weighted by molar-refractivity contribution is -0.139. The van der Waals surface area contributed by atoms with Crippen molar-refractivity contribution >= 4 is 5.97 Å². The minimum Gasteiger partial charge on any atom is -0.480 e.